The summed E-state index contributed by atoms with van der Waals surface area (Å²) >= 11 is 0. The molecule has 29 heavy (non-hydrogen) atoms. The van der Waals surface area contributed by atoms with Crippen molar-refractivity contribution in [2.45, 2.75) is 44.4 Å². The largest absolute Gasteiger partial charge is 0.454 e. The summed E-state index contributed by atoms with van der Waals surface area (Å²) in [7, 11) is 0. The summed E-state index contributed by atoms with van der Waals surface area (Å²) in [5.41, 5.74) is 4.90. The molecule has 148 valence electrons. The highest BCUT2D eigenvalue weighted by Gasteiger charge is 2.38. The van der Waals surface area contributed by atoms with E-state index in [1.165, 1.54) is 5.56 Å². The third-order valence-corrected chi connectivity index (χ3v) is 6.19. The van der Waals surface area contributed by atoms with Crippen LogP contribution in [0, 0.1) is 0 Å². The SMILES string of the molecule is CCc1ccc(C2CC(=O)C3=C(C2)NC(=O)CC3c2ccc3c(c2)OCO3)cc1. The highest BCUT2D eigenvalue weighted by molar-refractivity contribution is 6.02. The number of benzene rings is 2. The second kappa shape index (κ2) is 7.07. The van der Waals surface area contributed by atoms with Gasteiger partial charge in [0.15, 0.2) is 17.3 Å². The third kappa shape index (κ3) is 3.20. The molecule has 0 radical (unpaired) electrons. The quantitative estimate of drug-likeness (QED) is 0.862. The lowest BCUT2D eigenvalue weighted by atomic mass is 9.73. The van der Waals surface area contributed by atoms with E-state index in [-0.39, 0.29) is 36.7 Å². The van der Waals surface area contributed by atoms with Gasteiger partial charge in [-0.15, -0.1) is 0 Å². The maximum atomic E-state index is 13.2. The van der Waals surface area contributed by atoms with Gasteiger partial charge in [-0.2, -0.15) is 0 Å². The number of ketones is 1. The molecule has 2 aliphatic heterocycles. The minimum absolute atomic E-state index is 0.0406. The minimum atomic E-state index is -0.232. The van der Waals surface area contributed by atoms with Gasteiger partial charge in [-0.3, -0.25) is 9.59 Å². The van der Waals surface area contributed by atoms with Gasteiger partial charge >= 0.3 is 0 Å². The molecule has 0 aromatic heterocycles. The van der Waals surface area contributed by atoms with Gasteiger partial charge < -0.3 is 14.8 Å². The Bertz CT molecular complexity index is 1020. The highest BCUT2D eigenvalue weighted by atomic mass is 16.7. The van der Waals surface area contributed by atoms with E-state index < -0.39 is 0 Å². The fraction of sp³-hybridized carbons (Fsp3) is 0.333. The molecule has 2 atom stereocenters. The fourth-order valence-electron chi connectivity index (χ4n) is 4.64. The van der Waals surface area contributed by atoms with E-state index in [1.807, 2.05) is 18.2 Å². The Labute approximate surface area is 169 Å². The molecule has 0 saturated carbocycles. The molecule has 5 nitrogen and oxygen atoms in total. The zero-order valence-electron chi connectivity index (χ0n) is 16.4. The van der Waals surface area contributed by atoms with Gasteiger partial charge in [0.05, 0.1) is 0 Å². The first-order valence-electron chi connectivity index (χ1n) is 10.2. The van der Waals surface area contributed by atoms with Crippen molar-refractivity contribution < 1.29 is 19.1 Å². The summed E-state index contributed by atoms with van der Waals surface area (Å²) in [6, 6.07) is 14.2. The van der Waals surface area contributed by atoms with Crippen LogP contribution in [0.5, 0.6) is 11.5 Å². The molecule has 2 unspecified atom stereocenters. The molecule has 2 heterocycles. The van der Waals surface area contributed by atoms with Crippen LogP contribution in [0.3, 0.4) is 0 Å². The zero-order valence-corrected chi connectivity index (χ0v) is 16.4. The van der Waals surface area contributed by atoms with Crippen molar-refractivity contribution >= 4 is 11.7 Å². The van der Waals surface area contributed by atoms with Crippen LogP contribution in [0.15, 0.2) is 53.7 Å². The summed E-state index contributed by atoms with van der Waals surface area (Å²) in [5, 5.41) is 2.99. The number of hydrogen-bond acceptors (Lipinski definition) is 4. The number of amides is 1. The van der Waals surface area contributed by atoms with Gasteiger partial charge in [0.25, 0.3) is 0 Å². The lowest BCUT2D eigenvalue weighted by Crippen LogP contribution is -2.38. The maximum absolute atomic E-state index is 13.2. The van der Waals surface area contributed by atoms with Crippen LogP contribution in [0.2, 0.25) is 0 Å². The van der Waals surface area contributed by atoms with Crippen LogP contribution in [-0.2, 0) is 16.0 Å². The number of rotatable bonds is 3. The monoisotopic (exact) mass is 389 g/mol. The van der Waals surface area contributed by atoms with Crippen LogP contribution in [-0.4, -0.2) is 18.5 Å². The fourth-order valence-corrected chi connectivity index (χ4v) is 4.64. The van der Waals surface area contributed by atoms with E-state index in [0.29, 0.717) is 24.3 Å². The molecule has 0 saturated heterocycles. The normalized spacial score (nSPS) is 23.1. The van der Waals surface area contributed by atoms with Gasteiger partial charge in [0.1, 0.15) is 0 Å². The standard InChI is InChI=1S/C24H23NO4/c1-2-14-3-5-15(6-4-14)17-9-19-24(20(26)10-17)18(12-23(27)25-19)16-7-8-21-22(11-16)29-13-28-21/h3-8,11,17-18H,2,9-10,12-13H2,1H3,(H,25,27). The van der Waals surface area contributed by atoms with E-state index in [0.717, 1.165) is 28.8 Å². The van der Waals surface area contributed by atoms with Crippen LogP contribution in [0.1, 0.15) is 54.7 Å². The van der Waals surface area contributed by atoms with E-state index in [2.05, 4.69) is 36.5 Å². The average molecular weight is 389 g/mol. The van der Waals surface area contributed by atoms with Crippen molar-refractivity contribution in [2.75, 3.05) is 6.79 Å². The summed E-state index contributed by atoms with van der Waals surface area (Å²) in [5.74, 6) is 1.33. The Morgan fingerprint density at radius 2 is 1.69 bits per heavy atom. The number of hydrogen-bond donors (Lipinski definition) is 1. The first-order valence-corrected chi connectivity index (χ1v) is 10.2. The van der Waals surface area contributed by atoms with E-state index >= 15 is 0 Å². The van der Waals surface area contributed by atoms with Crippen molar-refractivity contribution in [1.29, 1.82) is 0 Å². The van der Waals surface area contributed by atoms with Crippen LogP contribution < -0.4 is 14.8 Å². The predicted octanol–water partition coefficient (Wildman–Crippen LogP) is 3.98. The molecule has 0 bridgehead atoms. The van der Waals surface area contributed by atoms with Crippen molar-refractivity contribution in [3.8, 4) is 11.5 Å². The highest BCUT2D eigenvalue weighted by Crippen LogP contribution is 2.44. The Morgan fingerprint density at radius 3 is 2.48 bits per heavy atom. The number of allylic oxidation sites excluding steroid dienone is 2. The smallest absolute Gasteiger partial charge is 0.231 e. The molecular formula is C24H23NO4. The van der Waals surface area contributed by atoms with Crippen molar-refractivity contribution in [1.82, 2.24) is 5.32 Å². The summed E-state index contributed by atoms with van der Waals surface area (Å²) in [6.07, 6.45) is 2.42. The van der Waals surface area contributed by atoms with Crippen molar-refractivity contribution in [3.05, 3.63) is 70.4 Å². The average Bonchev–Trinajstić information content (AvgIpc) is 3.20. The molecule has 2 aromatic carbocycles. The Hall–Kier alpha value is -3.08. The number of Topliss-reactive ketones (excluding diaryl/α,β-unsaturated/α-hetero) is 1. The van der Waals surface area contributed by atoms with Gasteiger partial charge in [-0.25, -0.2) is 0 Å². The van der Waals surface area contributed by atoms with E-state index in [1.54, 1.807) is 0 Å². The number of nitrogens with one attached hydrogen (secondary N) is 1. The molecule has 1 amide bonds. The van der Waals surface area contributed by atoms with E-state index in [4.69, 9.17) is 9.47 Å². The minimum Gasteiger partial charge on any atom is -0.454 e. The van der Waals surface area contributed by atoms with Crippen LogP contribution in [0.4, 0.5) is 0 Å². The molecular weight excluding hydrogens is 366 g/mol. The molecule has 0 fully saturated rings. The number of carbonyl (C=O) groups is 2. The van der Waals surface area contributed by atoms with Gasteiger partial charge in [0.2, 0.25) is 12.7 Å². The molecule has 1 aliphatic carbocycles. The lowest BCUT2D eigenvalue weighted by Gasteiger charge is -2.34. The summed E-state index contributed by atoms with van der Waals surface area (Å²) in [6.45, 7) is 2.33. The Balaban J connectivity index is 1.48. The first kappa shape index (κ1) is 18.0. The second-order valence-electron chi connectivity index (χ2n) is 7.93. The van der Waals surface area contributed by atoms with Crippen LogP contribution >= 0.6 is 0 Å². The molecule has 5 rings (SSSR count). The lowest BCUT2D eigenvalue weighted by molar-refractivity contribution is -0.122. The maximum Gasteiger partial charge on any atom is 0.231 e. The molecule has 5 heteroatoms. The summed E-state index contributed by atoms with van der Waals surface area (Å²) < 4.78 is 10.9. The molecule has 0 spiro atoms. The van der Waals surface area contributed by atoms with Crippen LogP contribution in [0.25, 0.3) is 0 Å². The topological polar surface area (TPSA) is 64.6 Å². The Morgan fingerprint density at radius 1 is 0.931 bits per heavy atom. The number of aryl methyl sites for hydroxylation is 1. The Kier molecular flexibility index (Phi) is 4.38. The van der Waals surface area contributed by atoms with Gasteiger partial charge in [0, 0.05) is 30.0 Å². The van der Waals surface area contributed by atoms with Crippen molar-refractivity contribution in [3.63, 3.8) is 0 Å². The molecule has 2 aromatic rings. The second-order valence-corrected chi connectivity index (χ2v) is 7.93. The summed E-state index contributed by atoms with van der Waals surface area (Å²) in [4.78, 5) is 25.7. The first-order chi connectivity index (χ1) is 14.1. The molecule has 1 N–H and O–H groups in total. The number of fused-ring (bicyclic) bond motifs is 1. The molecule has 3 aliphatic rings. The van der Waals surface area contributed by atoms with Crippen molar-refractivity contribution in [2.24, 2.45) is 0 Å². The predicted molar refractivity (Wildman–Crippen MR) is 108 cm³/mol. The van der Waals surface area contributed by atoms with Gasteiger partial charge in [-0.1, -0.05) is 37.3 Å². The number of ether oxygens (including phenoxy) is 2. The number of carbonyl (C=O) groups excluding carboxylic acids is 2. The zero-order chi connectivity index (χ0) is 20.0. The van der Waals surface area contributed by atoms with Gasteiger partial charge in [-0.05, 0) is 47.6 Å². The third-order valence-electron chi connectivity index (χ3n) is 6.19. The van der Waals surface area contributed by atoms with E-state index in [9.17, 15) is 9.59 Å².